The summed E-state index contributed by atoms with van der Waals surface area (Å²) in [6.07, 6.45) is 4.70. The van der Waals surface area contributed by atoms with Crippen LogP contribution in [-0.4, -0.2) is 21.0 Å². The third-order valence-corrected chi connectivity index (χ3v) is 5.30. The van der Waals surface area contributed by atoms with Crippen LogP contribution in [0.3, 0.4) is 0 Å². The molecule has 150 valence electrons. The lowest BCUT2D eigenvalue weighted by atomic mass is 9.88. The van der Waals surface area contributed by atoms with E-state index in [1.165, 1.54) is 12.8 Å². The Morgan fingerprint density at radius 3 is 2.30 bits per heavy atom. The minimum Gasteiger partial charge on any atom is -0.383 e. The summed E-state index contributed by atoms with van der Waals surface area (Å²) >= 11 is 0. The van der Waals surface area contributed by atoms with Crippen LogP contribution in [0.1, 0.15) is 71.6 Å². The number of nitrogens with zero attached hydrogens (tertiary/aromatic N) is 3. The van der Waals surface area contributed by atoms with Gasteiger partial charge in [-0.1, -0.05) is 41.0 Å². The maximum absolute atomic E-state index is 6.24. The highest BCUT2D eigenvalue weighted by Crippen LogP contribution is 2.26. The number of rotatable bonds is 9. The largest absolute Gasteiger partial charge is 0.383 e. The van der Waals surface area contributed by atoms with Crippen molar-refractivity contribution in [1.29, 1.82) is 0 Å². The van der Waals surface area contributed by atoms with Crippen LogP contribution in [0.15, 0.2) is 6.07 Å². The number of nitrogens with two attached hydrogens (primary N) is 1. The van der Waals surface area contributed by atoms with Crippen LogP contribution in [0, 0.1) is 31.6 Å². The summed E-state index contributed by atoms with van der Waals surface area (Å²) in [6.45, 7) is 15.5. The fourth-order valence-electron chi connectivity index (χ4n) is 3.98. The molecule has 2 rings (SSSR count). The second-order valence-electron chi connectivity index (χ2n) is 8.77. The molecule has 3 unspecified atom stereocenters. The van der Waals surface area contributed by atoms with Gasteiger partial charge in [-0.05, 0) is 62.5 Å². The van der Waals surface area contributed by atoms with Crippen molar-refractivity contribution in [1.82, 2.24) is 15.0 Å². The van der Waals surface area contributed by atoms with E-state index in [1.807, 2.05) is 19.9 Å². The van der Waals surface area contributed by atoms with Gasteiger partial charge < -0.3 is 11.1 Å². The highest BCUT2D eigenvalue weighted by molar-refractivity contribution is 5.89. The molecule has 5 nitrogen and oxygen atoms in total. The molecule has 2 heterocycles. The number of hydrogen-bond acceptors (Lipinski definition) is 5. The van der Waals surface area contributed by atoms with Crippen molar-refractivity contribution in [2.24, 2.45) is 17.8 Å². The molecule has 2 aromatic heterocycles. The molecule has 0 aliphatic rings. The molecule has 0 aromatic carbocycles. The lowest BCUT2D eigenvalue weighted by Gasteiger charge is -2.25. The molecule has 2 aromatic rings. The van der Waals surface area contributed by atoms with Gasteiger partial charge in [0.25, 0.3) is 0 Å². The molecule has 0 spiro atoms. The smallest absolute Gasteiger partial charge is 0.226 e. The van der Waals surface area contributed by atoms with Gasteiger partial charge in [0.05, 0.1) is 5.39 Å². The summed E-state index contributed by atoms with van der Waals surface area (Å²) in [6, 6.07) is 2.36. The highest BCUT2D eigenvalue weighted by atomic mass is 15.1. The lowest BCUT2D eigenvalue weighted by Crippen LogP contribution is -2.26. The predicted molar refractivity (Wildman–Crippen MR) is 116 cm³/mol. The number of nitrogen functional groups attached to an aromatic ring is 1. The fourth-order valence-corrected chi connectivity index (χ4v) is 3.98. The maximum atomic E-state index is 6.24. The van der Waals surface area contributed by atoms with Crippen molar-refractivity contribution in [3.05, 3.63) is 17.3 Å². The van der Waals surface area contributed by atoms with Gasteiger partial charge in [0, 0.05) is 11.7 Å². The van der Waals surface area contributed by atoms with Crippen LogP contribution < -0.4 is 11.1 Å². The van der Waals surface area contributed by atoms with E-state index in [1.54, 1.807) is 0 Å². The van der Waals surface area contributed by atoms with Gasteiger partial charge in [0.1, 0.15) is 5.82 Å². The summed E-state index contributed by atoms with van der Waals surface area (Å²) in [5.74, 6) is 3.14. The third kappa shape index (κ3) is 6.05. The van der Waals surface area contributed by atoms with Gasteiger partial charge in [0.2, 0.25) is 5.95 Å². The lowest BCUT2D eigenvalue weighted by molar-refractivity contribution is 0.351. The minimum absolute atomic E-state index is 0.340. The van der Waals surface area contributed by atoms with Gasteiger partial charge in [0.15, 0.2) is 5.65 Å². The SMILES string of the molecule is CCC(C)CC(C)CC(CC(C)C)Nc1nc(N)c2c(C)cc(C)nc2n1. The molecule has 0 aliphatic carbocycles. The van der Waals surface area contributed by atoms with Gasteiger partial charge in [-0.25, -0.2) is 4.98 Å². The second kappa shape index (κ2) is 9.34. The van der Waals surface area contributed by atoms with E-state index in [0.29, 0.717) is 35.3 Å². The normalized spacial score (nSPS) is 15.1. The average molecular weight is 372 g/mol. The summed E-state index contributed by atoms with van der Waals surface area (Å²) in [5, 5.41) is 4.42. The van der Waals surface area contributed by atoms with E-state index in [-0.39, 0.29) is 0 Å². The third-order valence-electron chi connectivity index (χ3n) is 5.30. The topological polar surface area (TPSA) is 76.7 Å². The molecule has 0 bridgehead atoms. The molecule has 0 saturated heterocycles. The van der Waals surface area contributed by atoms with Crippen molar-refractivity contribution >= 4 is 22.8 Å². The number of aryl methyl sites for hydroxylation is 2. The van der Waals surface area contributed by atoms with E-state index in [0.717, 1.165) is 35.4 Å². The fraction of sp³-hybridized carbons (Fsp3) is 0.682. The molecule has 0 amide bonds. The van der Waals surface area contributed by atoms with Crippen LogP contribution in [-0.2, 0) is 0 Å². The average Bonchev–Trinajstić information content (AvgIpc) is 2.52. The molecule has 5 heteroatoms. The first-order valence-electron chi connectivity index (χ1n) is 10.4. The molecular weight excluding hydrogens is 334 g/mol. The van der Waals surface area contributed by atoms with E-state index >= 15 is 0 Å². The first kappa shape index (κ1) is 21.4. The molecule has 0 aliphatic heterocycles. The van der Waals surface area contributed by atoms with Crippen LogP contribution in [0.25, 0.3) is 11.0 Å². The number of anilines is 2. The minimum atomic E-state index is 0.340. The summed E-state index contributed by atoms with van der Waals surface area (Å²) in [4.78, 5) is 13.8. The predicted octanol–water partition coefficient (Wildman–Crippen LogP) is 5.51. The van der Waals surface area contributed by atoms with Gasteiger partial charge >= 0.3 is 0 Å². The van der Waals surface area contributed by atoms with E-state index < -0.39 is 0 Å². The molecule has 0 fully saturated rings. The first-order chi connectivity index (χ1) is 12.7. The monoisotopic (exact) mass is 371 g/mol. The summed E-state index contributed by atoms with van der Waals surface area (Å²) in [5.41, 5.74) is 8.94. The highest BCUT2D eigenvalue weighted by Gasteiger charge is 2.19. The molecule has 0 saturated carbocycles. The van der Waals surface area contributed by atoms with Crippen LogP contribution in [0.5, 0.6) is 0 Å². The van der Waals surface area contributed by atoms with E-state index in [4.69, 9.17) is 5.73 Å². The standard InChI is InChI=1S/C22H37N5/c1-8-14(4)10-15(5)11-18(9-13(2)3)25-22-26-20(23)19-16(6)12-17(7)24-21(19)27-22/h12-15,18H,8-11H2,1-7H3,(H3,23,24,25,26,27). The molecule has 3 N–H and O–H groups in total. The Morgan fingerprint density at radius 2 is 1.67 bits per heavy atom. The molecular formula is C22H37N5. The quantitative estimate of drug-likeness (QED) is 0.607. The Kier molecular flexibility index (Phi) is 7.40. The van der Waals surface area contributed by atoms with E-state index in [2.05, 4.69) is 54.9 Å². The molecule has 27 heavy (non-hydrogen) atoms. The zero-order valence-corrected chi connectivity index (χ0v) is 18.1. The summed E-state index contributed by atoms with van der Waals surface area (Å²) < 4.78 is 0. The Bertz CT molecular complexity index is 756. The Labute approximate surface area is 164 Å². The number of nitrogens with one attached hydrogen (secondary N) is 1. The van der Waals surface area contributed by atoms with E-state index in [9.17, 15) is 0 Å². The van der Waals surface area contributed by atoms with Gasteiger partial charge in [-0.3, -0.25) is 0 Å². The number of fused-ring (bicyclic) bond motifs is 1. The van der Waals surface area contributed by atoms with Crippen molar-refractivity contribution in [3.8, 4) is 0 Å². The maximum Gasteiger partial charge on any atom is 0.226 e. The van der Waals surface area contributed by atoms with Crippen molar-refractivity contribution < 1.29 is 0 Å². The Balaban J connectivity index is 2.23. The zero-order valence-electron chi connectivity index (χ0n) is 18.1. The molecule has 0 radical (unpaired) electrons. The summed E-state index contributed by atoms with van der Waals surface area (Å²) in [7, 11) is 0. The van der Waals surface area contributed by atoms with Crippen molar-refractivity contribution in [2.75, 3.05) is 11.1 Å². The second-order valence-corrected chi connectivity index (χ2v) is 8.77. The first-order valence-corrected chi connectivity index (χ1v) is 10.4. The zero-order chi connectivity index (χ0) is 20.1. The molecule has 3 atom stereocenters. The van der Waals surface area contributed by atoms with Crippen molar-refractivity contribution in [3.63, 3.8) is 0 Å². The van der Waals surface area contributed by atoms with Gasteiger partial charge in [-0.15, -0.1) is 0 Å². The number of aromatic nitrogens is 3. The Hall–Kier alpha value is -1.91. The van der Waals surface area contributed by atoms with Gasteiger partial charge in [-0.2, -0.15) is 9.97 Å². The Morgan fingerprint density at radius 1 is 0.963 bits per heavy atom. The van der Waals surface area contributed by atoms with Crippen LogP contribution in [0.2, 0.25) is 0 Å². The number of hydrogen-bond donors (Lipinski definition) is 2. The van der Waals surface area contributed by atoms with Crippen LogP contribution >= 0.6 is 0 Å². The van der Waals surface area contributed by atoms with Crippen LogP contribution in [0.4, 0.5) is 11.8 Å². The van der Waals surface area contributed by atoms with Crippen molar-refractivity contribution in [2.45, 2.75) is 80.2 Å². The number of pyridine rings is 1.